The SMILES string of the molecule is COc1cc(Cl)cc(CO)c1OCc1ccncc1Cl. The zero-order valence-electron chi connectivity index (χ0n) is 10.8. The van der Waals surface area contributed by atoms with Crippen LogP contribution in [0.3, 0.4) is 0 Å². The van der Waals surface area contributed by atoms with Crippen LogP contribution in [-0.4, -0.2) is 17.2 Å². The second-order valence-corrected chi connectivity index (χ2v) is 4.85. The summed E-state index contributed by atoms with van der Waals surface area (Å²) < 4.78 is 10.9. The summed E-state index contributed by atoms with van der Waals surface area (Å²) in [4.78, 5) is 3.91. The Bertz CT molecular complexity index is 580. The van der Waals surface area contributed by atoms with Crippen LogP contribution in [0.25, 0.3) is 0 Å². The van der Waals surface area contributed by atoms with Crippen LogP contribution in [-0.2, 0) is 13.2 Å². The maximum atomic E-state index is 9.38. The van der Waals surface area contributed by atoms with Crippen LogP contribution in [0.15, 0.2) is 30.6 Å². The molecular weight excluding hydrogens is 301 g/mol. The second kappa shape index (κ2) is 6.79. The monoisotopic (exact) mass is 313 g/mol. The van der Waals surface area contributed by atoms with Gasteiger partial charge in [0, 0.05) is 34.6 Å². The standard InChI is InChI=1S/C14H13Cl2NO3/c1-19-13-5-11(15)4-10(7-18)14(13)20-8-9-2-3-17-6-12(9)16/h2-6,18H,7-8H2,1H3. The third-order valence-corrected chi connectivity index (χ3v) is 3.27. The number of aliphatic hydroxyl groups is 1. The minimum Gasteiger partial charge on any atom is -0.493 e. The van der Waals surface area contributed by atoms with Gasteiger partial charge in [0.25, 0.3) is 0 Å². The summed E-state index contributed by atoms with van der Waals surface area (Å²) in [6.07, 6.45) is 3.18. The van der Waals surface area contributed by atoms with E-state index in [1.54, 1.807) is 30.6 Å². The Kier molecular flexibility index (Phi) is 5.06. The zero-order chi connectivity index (χ0) is 14.5. The molecule has 2 rings (SSSR count). The fourth-order valence-corrected chi connectivity index (χ4v) is 2.13. The maximum absolute atomic E-state index is 9.38. The van der Waals surface area contributed by atoms with Crippen molar-refractivity contribution in [2.45, 2.75) is 13.2 Å². The van der Waals surface area contributed by atoms with Crippen LogP contribution in [0.5, 0.6) is 11.5 Å². The molecule has 6 heteroatoms. The van der Waals surface area contributed by atoms with Gasteiger partial charge in [-0.3, -0.25) is 4.98 Å². The number of hydrogen-bond donors (Lipinski definition) is 1. The van der Waals surface area contributed by atoms with Gasteiger partial charge in [-0.15, -0.1) is 0 Å². The molecule has 0 radical (unpaired) electrons. The first-order valence-corrected chi connectivity index (χ1v) is 6.59. The van der Waals surface area contributed by atoms with E-state index in [1.165, 1.54) is 7.11 Å². The summed E-state index contributed by atoms with van der Waals surface area (Å²) >= 11 is 12.0. The van der Waals surface area contributed by atoms with Crippen LogP contribution < -0.4 is 9.47 Å². The summed E-state index contributed by atoms with van der Waals surface area (Å²) in [5.41, 5.74) is 1.35. The van der Waals surface area contributed by atoms with E-state index in [0.29, 0.717) is 27.1 Å². The minimum atomic E-state index is -0.198. The Balaban J connectivity index is 2.27. The Morgan fingerprint density at radius 2 is 2.05 bits per heavy atom. The highest BCUT2D eigenvalue weighted by Crippen LogP contribution is 2.35. The van der Waals surface area contributed by atoms with E-state index < -0.39 is 0 Å². The van der Waals surface area contributed by atoms with Gasteiger partial charge in [0.1, 0.15) is 6.61 Å². The van der Waals surface area contributed by atoms with E-state index >= 15 is 0 Å². The van der Waals surface area contributed by atoms with Crippen LogP contribution in [0.4, 0.5) is 0 Å². The quantitative estimate of drug-likeness (QED) is 0.918. The van der Waals surface area contributed by atoms with Gasteiger partial charge < -0.3 is 14.6 Å². The Hall–Kier alpha value is -1.49. The highest BCUT2D eigenvalue weighted by atomic mass is 35.5. The zero-order valence-corrected chi connectivity index (χ0v) is 12.3. The minimum absolute atomic E-state index is 0.198. The number of rotatable bonds is 5. The van der Waals surface area contributed by atoms with Crippen molar-refractivity contribution in [2.75, 3.05) is 7.11 Å². The average Bonchev–Trinajstić information content (AvgIpc) is 2.46. The molecule has 20 heavy (non-hydrogen) atoms. The second-order valence-electron chi connectivity index (χ2n) is 4.01. The number of aromatic nitrogens is 1. The van der Waals surface area contributed by atoms with E-state index in [-0.39, 0.29) is 13.2 Å². The number of nitrogens with zero attached hydrogens (tertiary/aromatic N) is 1. The summed E-state index contributed by atoms with van der Waals surface area (Å²) in [6.45, 7) is 0.0443. The molecule has 0 aliphatic carbocycles. The average molecular weight is 314 g/mol. The van der Waals surface area contributed by atoms with E-state index in [9.17, 15) is 5.11 Å². The number of halogens is 2. The predicted octanol–water partition coefficient (Wildman–Crippen LogP) is 3.47. The van der Waals surface area contributed by atoms with Crippen LogP contribution in [0, 0.1) is 0 Å². The largest absolute Gasteiger partial charge is 0.493 e. The number of benzene rings is 1. The van der Waals surface area contributed by atoms with Crippen molar-refractivity contribution in [3.63, 3.8) is 0 Å². The lowest BCUT2D eigenvalue weighted by Gasteiger charge is -2.15. The number of ether oxygens (including phenoxy) is 2. The molecule has 0 atom stereocenters. The molecule has 1 aromatic heterocycles. The molecule has 0 fully saturated rings. The number of aliphatic hydroxyl groups excluding tert-OH is 1. The molecule has 106 valence electrons. The normalized spacial score (nSPS) is 10.4. The molecule has 0 spiro atoms. The number of methoxy groups -OCH3 is 1. The van der Waals surface area contributed by atoms with E-state index in [0.717, 1.165) is 5.56 Å². The van der Waals surface area contributed by atoms with Crippen LogP contribution in [0.2, 0.25) is 10.0 Å². The molecule has 1 N–H and O–H groups in total. The third-order valence-electron chi connectivity index (χ3n) is 2.72. The molecule has 2 aromatic rings. The van der Waals surface area contributed by atoms with Gasteiger partial charge in [-0.1, -0.05) is 23.2 Å². The first kappa shape index (κ1) is 14.9. The van der Waals surface area contributed by atoms with Gasteiger partial charge in [0.15, 0.2) is 11.5 Å². The van der Waals surface area contributed by atoms with Crippen molar-refractivity contribution in [3.05, 3.63) is 51.8 Å². The first-order valence-electron chi connectivity index (χ1n) is 5.84. The highest BCUT2D eigenvalue weighted by Gasteiger charge is 2.13. The smallest absolute Gasteiger partial charge is 0.167 e. The molecular formula is C14H13Cl2NO3. The van der Waals surface area contributed by atoms with Crippen LogP contribution >= 0.6 is 23.2 Å². The number of pyridine rings is 1. The van der Waals surface area contributed by atoms with Crippen molar-refractivity contribution in [1.82, 2.24) is 4.98 Å². The van der Waals surface area contributed by atoms with Gasteiger partial charge in [0.2, 0.25) is 0 Å². The third kappa shape index (κ3) is 3.33. The lowest BCUT2D eigenvalue weighted by atomic mass is 10.2. The highest BCUT2D eigenvalue weighted by molar-refractivity contribution is 6.31. The Labute approximate surface area is 126 Å². The van der Waals surface area contributed by atoms with E-state index in [2.05, 4.69) is 4.98 Å². The van der Waals surface area contributed by atoms with E-state index in [1.807, 2.05) is 0 Å². The first-order chi connectivity index (χ1) is 9.65. The lowest BCUT2D eigenvalue weighted by molar-refractivity contribution is 0.250. The molecule has 0 aliphatic rings. The Morgan fingerprint density at radius 1 is 1.25 bits per heavy atom. The molecule has 4 nitrogen and oxygen atoms in total. The molecule has 0 amide bonds. The molecule has 0 unspecified atom stereocenters. The van der Waals surface area contributed by atoms with Crippen molar-refractivity contribution in [1.29, 1.82) is 0 Å². The molecule has 0 aliphatic heterocycles. The van der Waals surface area contributed by atoms with Gasteiger partial charge in [-0.2, -0.15) is 0 Å². The van der Waals surface area contributed by atoms with Gasteiger partial charge in [-0.25, -0.2) is 0 Å². The van der Waals surface area contributed by atoms with Crippen LogP contribution in [0.1, 0.15) is 11.1 Å². The molecule has 0 saturated carbocycles. The predicted molar refractivity (Wildman–Crippen MR) is 77.5 cm³/mol. The van der Waals surface area contributed by atoms with Gasteiger partial charge in [-0.05, 0) is 12.1 Å². The lowest BCUT2D eigenvalue weighted by Crippen LogP contribution is -2.02. The molecule has 0 saturated heterocycles. The fourth-order valence-electron chi connectivity index (χ4n) is 1.73. The van der Waals surface area contributed by atoms with Crippen molar-refractivity contribution in [2.24, 2.45) is 0 Å². The molecule has 1 heterocycles. The molecule has 1 aromatic carbocycles. The van der Waals surface area contributed by atoms with Crippen molar-refractivity contribution >= 4 is 23.2 Å². The topological polar surface area (TPSA) is 51.6 Å². The van der Waals surface area contributed by atoms with Gasteiger partial charge >= 0.3 is 0 Å². The molecule has 0 bridgehead atoms. The number of hydrogen-bond acceptors (Lipinski definition) is 4. The Morgan fingerprint density at radius 3 is 2.70 bits per heavy atom. The fraction of sp³-hybridized carbons (Fsp3) is 0.214. The van der Waals surface area contributed by atoms with Crippen molar-refractivity contribution in [3.8, 4) is 11.5 Å². The summed E-state index contributed by atoms with van der Waals surface area (Å²) in [5.74, 6) is 0.916. The van der Waals surface area contributed by atoms with Gasteiger partial charge in [0.05, 0.1) is 18.7 Å². The summed E-state index contributed by atoms with van der Waals surface area (Å²) in [5, 5.41) is 10.4. The van der Waals surface area contributed by atoms with Crippen molar-refractivity contribution < 1.29 is 14.6 Å². The summed E-state index contributed by atoms with van der Waals surface area (Å²) in [6, 6.07) is 5.03. The maximum Gasteiger partial charge on any atom is 0.167 e. The summed E-state index contributed by atoms with van der Waals surface area (Å²) in [7, 11) is 1.51. The van der Waals surface area contributed by atoms with E-state index in [4.69, 9.17) is 32.7 Å².